The van der Waals surface area contributed by atoms with Crippen molar-refractivity contribution >= 4 is 17.2 Å². The van der Waals surface area contributed by atoms with Crippen LogP contribution in [0.5, 0.6) is 0 Å². The lowest BCUT2D eigenvalue weighted by molar-refractivity contribution is -0.121. The lowest BCUT2D eigenvalue weighted by atomic mass is 10.1. The van der Waals surface area contributed by atoms with Crippen molar-refractivity contribution in [1.29, 1.82) is 0 Å². The van der Waals surface area contributed by atoms with Gasteiger partial charge in [-0.1, -0.05) is 13.8 Å². The lowest BCUT2D eigenvalue weighted by Crippen LogP contribution is -2.26. The number of carbonyl (C=O) groups is 1. The van der Waals surface area contributed by atoms with Crippen molar-refractivity contribution in [3.05, 3.63) is 35.1 Å². The van der Waals surface area contributed by atoms with Crippen LogP contribution in [0.3, 0.4) is 0 Å². The van der Waals surface area contributed by atoms with Crippen LogP contribution in [0.15, 0.2) is 24.5 Å². The van der Waals surface area contributed by atoms with Gasteiger partial charge in [-0.25, -0.2) is 4.98 Å². The van der Waals surface area contributed by atoms with Crippen molar-refractivity contribution in [2.24, 2.45) is 5.92 Å². The van der Waals surface area contributed by atoms with Gasteiger partial charge in [0.15, 0.2) is 0 Å². The summed E-state index contributed by atoms with van der Waals surface area (Å²) in [5, 5.41) is 3.98. The van der Waals surface area contributed by atoms with E-state index in [0.29, 0.717) is 18.9 Å². The summed E-state index contributed by atoms with van der Waals surface area (Å²) >= 11 is 1.69. The predicted molar refractivity (Wildman–Crippen MR) is 86.3 cm³/mol. The van der Waals surface area contributed by atoms with Crippen LogP contribution in [0.2, 0.25) is 0 Å². The van der Waals surface area contributed by atoms with E-state index in [1.807, 2.05) is 32.9 Å². The number of nitrogens with one attached hydrogen (secondary N) is 1. The van der Waals surface area contributed by atoms with Gasteiger partial charge in [0.1, 0.15) is 5.01 Å². The quantitative estimate of drug-likeness (QED) is 0.891. The zero-order valence-electron chi connectivity index (χ0n) is 12.7. The first kappa shape index (κ1) is 15.6. The first-order chi connectivity index (χ1) is 10.1. The molecule has 0 aliphatic carbocycles. The summed E-state index contributed by atoms with van der Waals surface area (Å²) in [7, 11) is 0. The van der Waals surface area contributed by atoms with E-state index in [0.717, 1.165) is 22.7 Å². The maximum absolute atomic E-state index is 11.6. The van der Waals surface area contributed by atoms with Crippen LogP contribution in [0, 0.1) is 12.8 Å². The van der Waals surface area contributed by atoms with Gasteiger partial charge in [-0.2, -0.15) is 0 Å². The van der Waals surface area contributed by atoms with Crippen LogP contribution in [0.4, 0.5) is 0 Å². The topological polar surface area (TPSA) is 54.9 Å². The molecule has 0 aliphatic rings. The Morgan fingerprint density at radius 1 is 1.33 bits per heavy atom. The third-order valence-electron chi connectivity index (χ3n) is 3.09. The second kappa shape index (κ2) is 7.31. The number of pyridine rings is 1. The molecule has 1 amide bonds. The number of aromatic nitrogens is 2. The summed E-state index contributed by atoms with van der Waals surface area (Å²) in [6, 6.07) is 3.93. The van der Waals surface area contributed by atoms with Crippen LogP contribution in [-0.2, 0) is 11.2 Å². The van der Waals surface area contributed by atoms with E-state index in [4.69, 9.17) is 0 Å². The van der Waals surface area contributed by atoms with Crippen LogP contribution in [0.25, 0.3) is 10.6 Å². The van der Waals surface area contributed by atoms with Gasteiger partial charge in [-0.15, -0.1) is 11.3 Å². The molecule has 0 aromatic carbocycles. The molecule has 2 aromatic heterocycles. The Labute approximate surface area is 129 Å². The van der Waals surface area contributed by atoms with E-state index >= 15 is 0 Å². The summed E-state index contributed by atoms with van der Waals surface area (Å²) in [6.07, 6.45) is 4.97. The zero-order valence-corrected chi connectivity index (χ0v) is 13.5. The number of aryl methyl sites for hydroxylation is 1. The zero-order chi connectivity index (χ0) is 15.2. The normalized spacial score (nSPS) is 10.9. The van der Waals surface area contributed by atoms with Gasteiger partial charge < -0.3 is 5.32 Å². The Hall–Kier alpha value is -1.75. The molecule has 0 bridgehead atoms. The van der Waals surface area contributed by atoms with Crippen LogP contribution in [0.1, 0.15) is 30.8 Å². The van der Waals surface area contributed by atoms with Gasteiger partial charge in [-0.3, -0.25) is 9.78 Å². The maximum Gasteiger partial charge on any atom is 0.220 e. The number of nitrogens with zero attached hydrogens (tertiary/aromatic N) is 2. The molecular formula is C16H21N3OS. The van der Waals surface area contributed by atoms with Gasteiger partial charge in [0.2, 0.25) is 5.91 Å². The molecule has 0 atom stereocenters. The Morgan fingerprint density at radius 3 is 2.71 bits per heavy atom. The number of amides is 1. The highest BCUT2D eigenvalue weighted by molar-refractivity contribution is 7.15. The summed E-state index contributed by atoms with van der Waals surface area (Å²) in [4.78, 5) is 21.5. The van der Waals surface area contributed by atoms with Gasteiger partial charge in [0.05, 0.1) is 5.69 Å². The summed E-state index contributed by atoms with van der Waals surface area (Å²) in [5.74, 6) is 0.523. The molecule has 112 valence electrons. The smallest absolute Gasteiger partial charge is 0.220 e. The molecule has 0 aliphatic heterocycles. The molecule has 2 aromatic rings. The number of hydrogen-bond acceptors (Lipinski definition) is 4. The minimum atomic E-state index is 0.126. The van der Waals surface area contributed by atoms with Crippen LogP contribution in [-0.4, -0.2) is 22.4 Å². The highest BCUT2D eigenvalue weighted by Gasteiger charge is 2.10. The fourth-order valence-corrected chi connectivity index (χ4v) is 3.10. The van der Waals surface area contributed by atoms with E-state index in [2.05, 4.69) is 15.3 Å². The minimum Gasteiger partial charge on any atom is -0.356 e. The highest BCUT2D eigenvalue weighted by atomic mass is 32.1. The molecule has 0 fully saturated rings. The third kappa shape index (κ3) is 4.63. The fraction of sp³-hybridized carbons (Fsp3) is 0.438. The third-order valence-corrected chi connectivity index (χ3v) is 4.35. The van der Waals surface area contributed by atoms with Gasteiger partial charge in [-0.05, 0) is 25.0 Å². The lowest BCUT2D eigenvalue weighted by Gasteiger charge is -2.06. The summed E-state index contributed by atoms with van der Waals surface area (Å²) in [5.41, 5.74) is 2.14. The monoisotopic (exact) mass is 303 g/mol. The highest BCUT2D eigenvalue weighted by Crippen LogP contribution is 2.27. The fourth-order valence-electron chi connectivity index (χ4n) is 2.04. The molecule has 2 heterocycles. The molecule has 5 heteroatoms. The average Bonchev–Trinajstić information content (AvgIpc) is 2.80. The molecule has 4 nitrogen and oxygen atoms in total. The number of hydrogen-bond donors (Lipinski definition) is 1. The number of thiazole rings is 1. The Morgan fingerprint density at radius 2 is 2.05 bits per heavy atom. The van der Waals surface area contributed by atoms with Crippen molar-refractivity contribution in [3.63, 3.8) is 0 Å². The molecule has 21 heavy (non-hydrogen) atoms. The molecule has 0 spiro atoms. The van der Waals surface area contributed by atoms with Crippen molar-refractivity contribution in [3.8, 4) is 10.6 Å². The predicted octanol–water partition coefficient (Wildman–Crippen LogP) is 3.22. The van der Waals surface area contributed by atoms with Crippen LogP contribution < -0.4 is 5.32 Å². The number of carbonyl (C=O) groups excluding carboxylic acids is 1. The molecule has 0 radical (unpaired) electrons. The minimum absolute atomic E-state index is 0.126. The first-order valence-corrected chi connectivity index (χ1v) is 8.01. The Kier molecular flexibility index (Phi) is 5.44. The Balaban J connectivity index is 1.93. The van der Waals surface area contributed by atoms with E-state index in [1.54, 1.807) is 23.7 Å². The van der Waals surface area contributed by atoms with Crippen molar-refractivity contribution in [2.45, 2.75) is 33.6 Å². The van der Waals surface area contributed by atoms with E-state index in [1.165, 1.54) is 4.88 Å². The molecular weight excluding hydrogens is 282 g/mol. The first-order valence-electron chi connectivity index (χ1n) is 7.19. The second-order valence-corrected chi connectivity index (χ2v) is 6.55. The van der Waals surface area contributed by atoms with Crippen molar-refractivity contribution in [2.75, 3.05) is 6.54 Å². The van der Waals surface area contributed by atoms with E-state index in [9.17, 15) is 4.79 Å². The molecule has 1 N–H and O–H groups in total. The van der Waals surface area contributed by atoms with Crippen molar-refractivity contribution < 1.29 is 4.79 Å². The standard InChI is InChI=1S/C16H21N3OS/c1-11(2)10-15(20)18-9-6-14-12(3)19-16(21-14)13-4-7-17-8-5-13/h4-5,7-8,11H,6,9-10H2,1-3H3,(H,18,20). The molecule has 2 rings (SSSR count). The molecule has 0 unspecified atom stereocenters. The average molecular weight is 303 g/mol. The summed E-state index contributed by atoms with van der Waals surface area (Å²) < 4.78 is 0. The van der Waals surface area contributed by atoms with Gasteiger partial charge in [0, 0.05) is 42.2 Å². The Bertz CT molecular complexity index is 593. The molecule has 0 saturated heterocycles. The van der Waals surface area contributed by atoms with E-state index < -0.39 is 0 Å². The summed E-state index contributed by atoms with van der Waals surface area (Å²) in [6.45, 7) is 6.79. The largest absolute Gasteiger partial charge is 0.356 e. The SMILES string of the molecule is Cc1nc(-c2ccncc2)sc1CCNC(=O)CC(C)C. The number of rotatable bonds is 6. The van der Waals surface area contributed by atoms with Gasteiger partial charge in [0.25, 0.3) is 0 Å². The van der Waals surface area contributed by atoms with Crippen molar-refractivity contribution in [1.82, 2.24) is 15.3 Å². The van der Waals surface area contributed by atoms with Crippen LogP contribution >= 0.6 is 11.3 Å². The maximum atomic E-state index is 11.6. The van der Waals surface area contributed by atoms with Gasteiger partial charge >= 0.3 is 0 Å². The molecule has 0 saturated carbocycles. The van der Waals surface area contributed by atoms with E-state index in [-0.39, 0.29) is 5.91 Å². The second-order valence-electron chi connectivity index (χ2n) is 5.46.